The van der Waals surface area contributed by atoms with Gasteiger partial charge in [0.2, 0.25) is 0 Å². The van der Waals surface area contributed by atoms with E-state index in [1.165, 1.54) is 0 Å². The predicted octanol–water partition coefficient (Wildman–Crippen LogP) is 5.30. The van der Waals surface area contributed by atoms with Gasteiger partial charge in [-0.2, -0.15) is 0 Å². The molecule has 162 valence electrons. The number of aliphatic hydroxyl groups is 1. The van der Waals surface area contributed by atoms with E-state index in [4.69, 9.17) is 23.2 Å². The Morgan fingerprint density at radius 1 is 0.970 bits per heavy atom. The summed E-state index contributed by atoms with van der Waals surface area (Å²) in [5.74, 6) is 0. The number of rotatable bonds is 2. The summed E-state index contributed by atoms with van der Waals surface area (Å²) in [6.45, 7) is 0. The maximum Gasteiger partial charge on any atom is 0.251 e. The third-order valence-corrected chi connectivity index (χ3v) is 6.91. The topological polar surface area (TPSA) is 60.1 Å². The number of hydrogen-bond donors (Lipinski definition) is 1. The molecule has 0 aliphatic carbocycles. The van der Waals surface area contributed by atoms with Gasteiger partial charge < -0.3 is 9.67 Å². The fourth-order valence-electron chi connectivity index (χ4n) is 4.84. The van der Waals surface area contributed by atoms with E-state index in [1.807, 2.05) is 47.0 Å². The second-order valence-corrected chi connectivity index (χ2v) is 9.06. The van der Waals surface area contributed by atoms with E-state index >= 15 is 0 Å². The molecule has 0 amide bonds. The minimum Gasteiger partial charge on any atom is -0.374 e. The lowest BCUT2D eigenvalue weighted by Crippen LogP contribution is -2.26. The molecule has 0 spiro atoms. The van der Waals surface area contributed by atoms with Crippen LogP contribution in [0.25, 0.3) is 27.7 Å². The van der Waals surface area contributed by atoms with E-state index in [2.05, 4.69) is 4.98 Å². The normalized spacial score (nSPS) is 16.7. The zero-order chi connectivity index (χ0) is 22.9. The highest BCUT2D eigenvalue weighted by Crippen LogP contribution is 2.49. The van der Waals surface area contributed by atoms with Crippen LogP contribution in [0, 0.1) is 0 Å². The molecule has 3 heterocycles. The Hall–Kier alpha value is -3.38. The van der Waals surface area contributed by atoms with Crippen molar-refractivity contribution in [2.45, 2.75) is 5.60 Å². The van der Waals surface area contributed by atoms with E-state index in [-0.39, 0.29) is 5.56 Å². The lowest BCUT2D eigenvalue weighted by atomic mass is 9.84. The molecule has 1 aliphatic heterocycles. The van der Waals surface area contributed by atoms with Crippen LogP contribution in [0.3, 0.4) is 0 Å². The van der Waals surface area contributed by atoms with Crippen LogP contribution in [-0.4, -0.2) is 19.2 Å². The van der Waals surface area contributed by atoms with Gasteiger partial charge in [-0.3, -0.25) is 9.36 Å². The maximum atomic E-state index is 12.8. The first-order valence-corrected chi connectivity index (χ1v) is 11.1. The van der Waals surface area contributed by atoms with Gasteiger partial charge in [-0.25, -0.2) is 4.98 Å². The van der Waals surface area contributed by atoms with Gasteiger partial charge in [0.05, 0.1) is 29.4 Å². The number of fused-ring (bicyclic) bond motifs is 5. The van der Waals surface area contributed by atoms with Crippen molar-refractivity contribution in [1.29, 1.82) is 0 Å². The molecule has 33 heavy (non-hydrogen) atoms. The van der Waals surface area contributed by atoms with Gasteiger partial charge in [-0.15, -0.1) is 0 Å². The first kappa shape index (κ1) is 20.2. The second-order valence-electron chi connectivity index (χ2n) is 8.19. The molecule has 1 aliphatic rings. The Labute approximate surface area is 199 Å². The fourth-order valence-corrected chi connectivity index (χ4v) is 5.15. The SMILES string of the molecule is Cn1c(=O)cc(-c2cccc(Cl)c2)c2c3c(ccc21)C(O)(c1ccc(Cl)cc1)c1cncn1-3. The molecule has 0 radical (unpaired) electrons. The van der Waals surface area contributed by atoms with E-state index in [0.29, 0.717) is 26.9 Å². The number of benzene rings is 3. The molecular weight excluding hydrogens is 457 g/mol. The summed E-state index contributed by atoms with van der Waals surface area (Å²) in [4.78, 5) is 17.2. The number of halogens is 2. The molecule has 5 nitrogen and oxygen atoms in total. The number of aromatic nitrogens is 3. The van der Waals surface area contributed by atoms with Crippen LogP contribution in [0.15, 0.2) is 84.0 Å². The first-order chi connectivity index (χ1) is 15.9. The zero-order valence-corrected chi connectivity index (χ0v) is 19.0. The lowest BCUT2D eigenvalue weighted by Gasteiger charge is -2.25. The van der Waals surface area contributed by atoms with Crippen LogP contribution in [-0.2, 0) is 12.6 Å². The molecule has 1 N–H and O–H groups in total. The molecule has 0 saturated carbocycles. The molecule has 5 aromatic rings. The van der Waals surface area contributed by atoms with Crippen molar-refractivity contribution in [3.63, 3.8) is 0 Å². The van der Waals surface area contributed by atoms with Gasteiger partial charge in [0, 0.05) is 34.1 Å². The minimum atomic E-state index is -1.43. The number of nitrogens with zero attached hydrogens (tertiary/aromatic N) is 3. The monoisotopic (exact) mass is 473 g/mol. The Morgan fingerprint density at radius 2 is 1.76 bits per heavy atom. The van der Waals surface area contributed by atoms with Gasteiger partial charge in [-0.1, -0.05) is 53.5 Å². The predicted molar refractivity (Wildman–Crippen MR) is 130 cm³/mol. The molecule has 3 aromatic carbocycles. The van der Waals surface area contributed by atoms with Crippen LogP contribution in [0.4, 0.5) is 0 Å². The van der Waals surface area contributed by atoms with Crippen molar-refractivity contribution in [3.05, 3.63) is 116 Å². The summed E-state index contributed by atoms with van der Waals surface area (Å²) >= 11 is 12.4. The van der Waals surface area contributed by atoms with Gasteiger partial charge in [0.1, 0.15) is 0 Å². The second kappa shape index (κ2) is 7.06. The Bertz CT molecular complexity index is 1640. The van der Waals surface area contributed by atoms with Crippen molar-refractivity contribution >= 4 is 34.1 Å². The first-order valence-electron chi connectivity index (χ1n) is 10.3. The third kappa shape index (κ3) is 2.77. The third-order valence-electron chi connectivity index (χ3n) is 6.42. The quantitative estimate of drug-likeness (QED) is 0.378. The summed E-state index contributed by atoms with van der Waals surface area (Å²) < 4.78 is 3.50. The summed E-state index contributed by atoms with van der Waals surface area (Å²) in [5.41, 5.74) is 3.55. The summed E-state index contributed by atoms with van der Waals surface area (Å²) in [5, 5.41) is 14.1. The summed E-state index contributed by atoms with van der Waals surface area (Å²) in [6, 6.07) is 19.9. The number of imidazole rings is 1. The van der Waals surface area contributed by atoms with Crippen LogP contribution < -0.4 is 5.56 Å². The van der Waals surface area contributed by atoms with Crippen molar-refractivity contribution in [1.82, 2.24) is 14.1 Å². The lowest BCUT2D eigenvalue weighted by molar-refractivity contribution is 0.127. The number of pyridine rings is 1. The van der Waals surface area contributed by atoms with Gasteiger partial charge in [0.15, 0.2) is 5.60 Å². The molecule has 0 fully saturated rings. The van der Waals surface area contributed by atoms with Crippen molar-refractivity contribution in [3.8, 4) is 16.8 Å². The van der Waals surface area contributed by atoms with Crippen molar-refractivity contribution in [2.24, 2.45) is 7.05 Å². The van der Waals surface area contributed by atoms with Crippen molar-refractivity contribution in [2.75, 3.05) is 0 Å². The van der Waals surface area contributed by atoms with Crippen LogP contribution in [0.5, 0.6) is 0 Å². The van der Waals surface area contributed by atoms with Crippen molar-refractivity contribution < 1.29 is 5.11 Å². The van der Waals surface area contributed by atoms with Gasteiger partial charge >= 0.3 is 0 Å². The fraction of sp³-hybridized carbons (Fsp3) is 0.0769. The highest BCUT2D eigenvalue weighted by atomic mass is 35.5. The van der Waals surface area contributed by atoms with Crippen LogP contribution in [0.1, 0.15) is 16.8 Å². The highest BCUT2D eigenvalue weighted by molar-refractivity contribution is 6.31. The Kier molecular flexibility index (Phi) is 4.33. The standard InChI is InChI=1S/C26H17Cl2N3O2/c1-30-21-10-9-20-25(24(21)19(12-23(30)32)15-3-2-4-18(28)11-15)31-14-29-13-22(31)26(20,33)16-5-7-17(27)8-6-16/h2-14,33H,1H3. The summed E-state index contributed by atoms with van der Waals surface area (Å²) in [7, 11) is 1.74. The van der Waals surface area contributed by atoms with E-state index < -0.39 is 5.60 Å². The van der Waals surface area contributed by atoms with E-state index in [0.717, 1.165) is 27.7 Å². The highest BCUT2D eigenvalue weighted by Gasteiger charge is 2.45. The van der Waals surface area contributed by atoms with Gasteiger partial charge in [0.25, 0.3) is 5.56 Å². The molecule has 2 aromatic heterocycles. The Balaban J connectivity index is 1.78. The molecule has 1 unspecified atom stereocenters. The number of aryl methyl sites for hydroxylation is 1. The zero-order valence-electron chi connectivity index (χ0n) is 17.5. The average Bonchev–Trinajstić information content (AvgIpc) is 3.38. The Morgan fingerprint density at radius 3 is 2.52 bits per heavy atom. The maximum absolute atomic E-state index is 12.8. The van der Waals surface area contributed by atoms with Crippen LogP contribution >= 0.6 is 23.2 Å². The van der Waals surface area contributed by atoms with Crippen LogP contribution in [0.2, 0.25) is 10.0 Å². The molecule has 1 atom stereocenters. The minimum absolute atomic E-state index is 0.130. The van der Waals surface area contributed by atoms with E-state index in [9.17, 15) is 9.90 Å². The molecule has 0 bridgehead atoms. The largest absolute Gasteiger partial charge is 0.374 e. The summed E-state index contributed by atoms with van der Waals surface area (Å²) in [6.07, 6.45) is 3.36. The number of hydrogen-bond acceptors (Lipinski definition) is 3. The molecular formula is C26H17Cl2N3O2. The van der Waals surface area contributed by atoms with E-state index in [1.54, 1.807) is 48.4 Å². The van der Waals surface area contributed by atoms with Gasteiger partial charge in [-0.05, 0) is 47.0 Å². The molecule has 7 heteroatoms. The smallest absolute Gasteiger partial charge is 0.251 e. The molecule has 0 saturated heterocycles. The molecule has 6 rings (SSSR count). The average molecular weight is 474 g/mol.